The van der Waals surface area contributed by atoms with Crippen LogP contribution in [0.4, 0.5) is 0 Å². The number of hydrogen-bond donors (Lipinski definition) is 1. The van der Waals surface area contributed by atoms with Gasteiger partial charge in [-0.3, -0.25) is 4.79 Å². The van der Waals surface area contributed by atoms with Crippen LogP contribution >= 0.6 is 11.6 Å². The van der Waals surface area contributed by atoms with Crippen molar-refractivity contribution < 1.29 is 14.3 Å². The van der Waals surface area contributed by atoms with Gasteiger partial charge in [0, 0.05) is 17.5 Å². The van der Waals surface area contributed by atoms with Crippen LogP contribution in [0.3, 0.4) is 0 Å². The van der Waals surface area contributed by atoms with E-state index in [1.807, 2.05) is 0 Å². The standard InChI is InChI=1S/C15H12ClNO4/c1-3-8-12(18)11-13(21-14(8)15(19)20)9-6-7(16)4-5-10(9)17(11)2/h4-6H,3H2,1-2H3,(H,19,20). The summed E-state index contributed by atoms with van der Waals surface area (Å²) in [4.78, 5) is 23.9. The summed E-state index contributed by atoms with van der Waals surface area (Å²) >= 11 is 5.98. The molecule has 21 heavy (non-hydrogen) atoms. The molecule has 1 aromatic carbocycles. The van der Waals surface area contributed by atoms with Gasteiger partial charge in [-0.25, -0.2) is 4.79 Å². The van der Waals surface area contributed by atoms with E-state index >= 15 is 0 Å². The number of aryl methyl sites for hydroxylation is 1. The van der Waals surface area contributed by atoms with Gasteiger partial charge in [-0.15, -0.1) is 0 Å². The van der Waals surface area contributed by atoms with Crippen LogP contribution in [0.25, 0.3) is 22.0 Å². The molecule has 0 radical (unpaired) electrons. The molecular formula is C15H12ClNO4. The lowest BCUT2D eigenvalue weighted by Crippen LogP contribution is -2.16. The van der Waals surface area contributed by atoms with Gasteiger partial charge in [0.1, 0.15) is 5.52 Å². The van der Waals surface area contributed by atoms with Crippen LogP contribution in [0.5, 0.6) is 0 Å². The maximum absolute atomic E-state index is 12.6. The van der Waals surface area contributed by atoms with Crippen LogP contribution in [0.15, 0.2) is 27.4 Å². The lowest BCUT2D eigenvalue weighted by molar-refractivity contribution is 0.0661. The van der Waals surface area contributed by atoms with Gasteiger partial charge in [0.15, 0.2) is 5.58 Å². The molecule has 3 rings (SSSR count). The van der Waals surface area contributed by atoms with Crippen LogP contribution in [-0.4, -0.2) is 15.6 Å². The average Bonchev–Trinajstić information content (AvgIpc) is 2.71. The molecule has 0 saturated heterocycles. The van der Waals surface area contributed by atoms with Gasteiger partial charge in [-0.05, 0) is 24.6 Å². The summed E-state index contributed by atoms with van der Waals surface area (Å²) in [7, 11) is 1.75. The van der Waals surface area contributed by atoms with Crippen molar-refractivity contribution in [3.63, 3.8) is 0 Å². The number of aromatic carboxylic acids is 1. The van der Waals surface area contributed by atoms with E-state index in [1.54, 1.807) is 36.7 Å². The van der Waals surface area contributed by atoms with Crippen LogP contribution in [0.2, 0.25) is 5.02 Å². The largest absolute Gasteiger partial charge is 0.475 e. The molecule has 0 unspecified atom stereocenters. The van der Waals surface area contributed by atoms with E-state index in [-0.39, 0.29) is 22.3 Å². The van der Waals surface area contributed by atoms with Gasteiger partial charge in [0.2, 0.25) is 11.2 Å². The summed E-state index contributed by atoms with van der Waals surface area (Å²) < 4.78 is 7.24. The molecule has 0 atom stereocenters. The molecule has 0 bridgehead atoms. The van der Waals surface area contributed by atoms with Gasteiger partial charge in [0.05, 0.1) is 11.1 Å². The highest BCUT2D eigenvalue weighted by Gasteiger charge is 2.22. The average molecular weight is 306 g/mol. The molecule has 0 aliphatic heterocycles. The van der Waals surface area contributed by atoms with E-state index in [0.717, 1.165) is 5.52 Å². The molecule has 0 aliphatic carbocycles. The second kappa shape index (κ2) is 4.63. The number of benzene rings is 1. The quantitative estimate of drug-likeness (QED) is 0.789. The predicted octanol–water partition coefficient (Wildman–Crippen LogP) is 3.20. The third-order valence-corrected chi connectivity index (χ3v) is 3.87. The van der Waals surface area contributed by atoms with Crippen molar-refractivity contribution in [2.24, 2.45) is 7.05 Å². The first-order valence-electron chi connectivity index (χ1n) is 6.42. The van der Waals surface area contributed by atoms with Crippen LogP contribution < -0.4 is 5.43 Å². The summed E-state index contributed by atoms with van der Waals surface area (Å²) in [5.41, 5.74) is 1.24. The van der Waals surface area contributed by atoms with E-state index in [0.29, 0.717) is 22.3 Å². The number of hydrogen-bond acceptors (Lipinski definition) is 3. The minimum Gasteiger partial charge on any atom is -0.475 e. The topological polar surface area (TPSA) is 72.4 Å². The molecule has 2 aromatic heterocycles. The second-order valence-corrected chi connectivity index (χ2v) is 5.23. The second-order valence-electron chi connectivity index (χ2n) is 4.80. The van der Waals surface area contributed by atoms with E-state index < -0.39 is 5.97 Å². The van der Waals surface area contributed by atoms with Crippen molar-refractivity contribution in [2.75, 3.05) is 0 Å². The molecule has 0 spiro atoms. The van der Waals surface area contributed by atoms with Crippen molar-refractivity contribution in [1.29, 1.82) is 0 Å². The summed E-state index contributed by atoms with van der Waals surface area (Å²) in [6.45, 7) is 1.73. The van der Waals surface area contributed by atoms with Crippen molar-refractivity contribution >= 4 is 39.6 Å². The Morgan fingerprint density at radius 3 is 2.76 bits per heavy atom. The molecule has 0 fully saturated rings. The zero-order valence-corrected chi connectivity index (χ0v) is 12.2. The van der Waals surface area contributed by atoms with Crippen molar-refractivity contribution in [1.82, 2.24) is 4.57 Å². The lowest BCUT2D eigenvalue weighted by Gasteiger charge is -2.03. The minimum atomic E-state index is -1.25. The van der Waals surface area contributed by atoms with Crippen LogP contribution in [0.1, 0.15) is 23.0 Å². The fourth-order valence-corrected chi connectivity index (χ4v) is 2.82. The lowest BCUT2D eigenvalue weighted by atomic mass is 10.1. The van der Waals surface area contributed by atoms with Gasteiger partial charge in [-0.1, -0.05) is 18.5 Å². The molecule has 1 N–H and O–H groups in total. The Morgan fingerprint density at radius 2 is 2.14 bits per heavy atom. The fraction of sp³-hybridized carbons (Fsp3) is 0.200. The Balaban J connectivity index is 2.62. The SMILES string of the molecule is CCc1c(C(=O)O)oc2c3cc(Cl)ccc3n(C)c2c1=O. The molecule has 0 amide bonds. The first-order chi connectivity index (χ1) is 9.95. The predicted molar refractivity (Wildman–Crippen MR) is 80.3 cm³/mol. The summed E-state index contributed by atoms with van der Waals surface area (Å²) in [6, 6.07) is 5.16. The Morgan fingerprint density at radius 1 is 1.43 bits per heavy atom. The molecule has 108 valence electrons. The molecule has 0 saturated carbocycles. The normalized spacial score (nSPS) is 11.4. The highest BCUT2D eigenvalue weighted by atomic mass is 35.5. The van der Waals surface area contributed by atoms with Gasteiger partial charge in [0.25, 0.3) is 0 Å². The number of carboxylic acid groups (broad SMARTS) is 1. The Bertz CT molecular complexity index is 952. The van der Waals surface area contributed by atoms with Crippen molar-refractivity contribution in [2.45, 2.75) is 13.3 Å². The minimum absolute atomic E-state index is 0.173. The first kappa shape index (κ1) is 13.7. The highest BCUT2D eigenvalue weighted by molar-refractivity contribution is 6.31. The number of fused-ring (bicyclic) bond motifs is 3. The van der Waals surface area contributed by atoms with E-state index in [1.165, 1.54) is 0 Å². The van der Waals surface area contributed by atoms with Crippen LogP contribution in [0, 0.1) is 0 Å². The Kier molecular flexibility index (Phi) is 3.02. The number of carboxylic acids is 1. The molecule has 3 aromatic rings. The van der Waals surface area contributed by atoms with Gasteiger partial charge in [-0.2, -0.15) is 0 Å². The highest BCUT2D eigenvalue weighted by Crippen LogP contribution is 2.30. The number of carbonyl (C=O) groups is 1. The Labute approximate surface area is 124 Å². The summed E-state index contributed by atoms with van der Waals surface area (Å²) in [5.74, 6) is -1.55. The first-order valence-corrected chi connectivity index (χ1v) is 6.80. The summed E-state index contributed by atoms with van der Waals surface area (Å²) in [5, 5.41) is 10.4. The third-order valence-electron chi connectivity index (χ3n) is 3.63. The number of rotatable bonds is 2. The molecule has 2 heterocycles. The molecular weight excluding hydrogens is 294 g/mol. The number of nitrogens with zero attached hydrogens (tertiary/aromatic N) is 1. The number of aromatic nitrogens is 1. The van der Waals surface area contributed by atoms with E-state index in [2.05, 4.69) is 0 Å². The number of halogens is 1. The van der Waals surface area contributed by atoms with Crippen LogP contribution in [-0.2, 0) is 13.5 Å². The Hall–Kier alpha value is -2.27. The maximum atomic E-state index is 12.6. The molecule has 6 heteroatoms. The fourth-order valence-electron chi connectivity index (χ4n) is 2.65. The smallest absolute Gasteiger partial charge is 0.372 e. The molecule has 0 aliphatic rings. The maximum Gasteiger partial charge on any atom is 0.372 e. The zero-order valence-electron chi connectivity index (χ0n) is 11.4. The van der Waals surface area contributed by atoms with E-state index in [9.17, 15) is 14.7 Å². The van der Waals surface area contributed by atoms with E-state index in [4.69, 9.17) is 16.0 Å². The summed E-state index contributed by atoms with van der Waals surface area (Å²) in [6.07, 6.45) is 0.294. The monoisotopic (exact) mass is 305 g/mol. The molecule has 5 nitrogen and oxygen atoms in total. The van der Waals surface area contributed by atoms with Gasteiger partial charge < -0.3 is 14.1 Å². The third kappa shape index (κ3) is 1.85. The van der Waals surface area contributed by atoms with Gasteiger partial charge >= 0.3 is 5.97 Å². The van der Waals surface area contributed by atoms with Crippen molar-refractivity contribution in [3.8, 4) is 0 Å². The van der Waals surface area contributed by atoms with Crippen molar-refractivity contribution in [3.05, 3.63) is 44.8 Å². The zero-order chi connectivity index (χ0) is 15.3.